The van der Waals surface area contributed by atoms with E-state index in [2.05, 4.69) is 10.4 Å². The van der Waals surface area contributed by atoms with Crippen molar-refractivity contribution in [3.63, 3.8) is 0 Å². The Bertz CT molecular complexity index is 619. The van der Waals surface area contributed by atoms with E-state index in [1.165, 1.54) is 4.68 Å². The van der Waals surface area contributed by atoms with Crippen LogP contribution in [0.1, 0.15) is 11.3 Å². The minimum absolute atomic E-state index is 0.140. The van der Waals surface area contributed by atoms with E-state index in [1.807, 2.05) is 0 Å². The molecule has 0 aliphatic heterocycles. The summed E-state index contributed by atoms with van der Waals surface area (Å²) in [7, 11) is 1.72. The number of nitrogens with zero attached hydrogens (tertiary/aromatic N) is 2. The predicted molar refractivity (Wildman–Crippen MR) is 72.8 cm³/mol. The third-order valence-corrected chi connectivity index (χ3v) is 2.80. The minimum atomic E-state index is -0.208. The molecule has 2 aromatic rings. The Hall–Kier alpha value is -2.50. The van der Waals surface area contributed by atoms with Crippen LogP contribution in [0.3, 0.4) is 0 Å². The number of carbonyl (C=O) groups excluding carboxylic acids is 1. The van der Waals surface area contributed by atoms with Gasteiger partial charge in [-0.1, -0.05) is 12.1 Å². The van der Waals surface area contributed by atoms with Crippen molar-refractivity contribution < 1.29 is 9.90 Å². The van der Waals surface area contributed by atoms with Crippen LogP contribution < -0.4 is 11.1 Å². The summed E-state index contributed by atoms with van der Waals surface area (Å²) in [5.41, 5.74) is 7.70. The lowest BCUT2D eigenvalue weighted by Crippen LogP contribution is -2.17. The maximum Gasteiger partial charge on any atom is 0.229 e. The molecule has 0 atom stereocenters. The summed E-state index contributed by atoms with van der Waals surface area (Å²) in [6.45, 7) is 1.78. The number of aromatic hydroxyl groups is 1. The molecule has 0 unspecified atom stereocenters. The van der Waals surface area contributed by atoms with E-state index < -0.39 is 0 Å². The standard InChI is InChI=1S/C13H16N4O2/c1-8-12(14)13(17(2)16-8)15-11(19)7-9-4-3-5-10(18)6-9/h3-6,18H,7,14H2,1-2H3,(H,15,19). The number of nitrogens with two attached hydrogens (primary N) is 1. The second-order valence-corrected chi connectivity index (χ2v) is 4.37. The number of carbonyl (C=O) groups is 1. The van der Waals surface area contributed by atoms with Gasteiger partial charge in [0.15, 0.2) is 5.82 Å². The molecule has 6 heteroatoms. The number of anilines is 2. The van der Waals surface area contributed by atoms with Gasteiger partial charge in [-0.3, -0.25) is 9.48 Å². The Morgan fingerprint density at radius 2 is 2.26 bits per heavy atom. The van der Waals surface area contributed by atoms with Gasteiger partial charge < -0.3 is 16.2 Å². The fourth-order valence-corrected chi connectivity index (χ4v) is 1.85. The van der Waals surface area contributed by atoms with Crippen LogP contribution >= 0.6 is 0 Å². The largest absolute Gasteiger partial charge is 0.508 e. The van der Waals surface area contributed by atoms with Crippen molar-refractivity contribution in [2.24, 2.45) is 7.05 Å². The van der Waals surface area contributed by atoms with E-state index in [0.717, 1.165) is 5.56 Å². The van der Waals surface area contributed by atoms with Crippen LogP contribution in [0.5, 0.6) is 5.75 Å². The van der Waals surface area contributed by atoms with Gasteiger partial charge in [0.25, 0.3) is 0 Å². The van der Waals surface area contributed by atoms with Gasteiger partial charge in [0.1, 0.15) is 5.75 Å². The predicted octanol–water partition coefficient (Wildman–Crippen LogP) is 1.20. The molecule has 1 aromatic carbocycles. The Morgan fingerprint density at radius 3 is 2.84 bits per heavy atom. The first kappa shape index (κ1) is 12.9. The fraction of sp³-hybridized carbons (Fsp3) is 0.231. The molecule has 100 valence electrons. The molecule has 1 aromatic heterocycles. The highest BCUT2D eigenvalue weighted by Gasteiger charge is 2.13. The van der Waals surface area contributed by atoms with Crippen molar-refractivity contribution in [2.45, 2.75) is 13.3 Å². The summed E-state index contributed by atoms with van der Waals surface area (Å²) in [4.78, 5) is 11.9. The molecule has 0 fully saturated rings. The van der Waals surface area contributed by atoms with E-state index in [9.17, 15) is 9.90 Å². The van der Waals surface area contributed by atoms with Gasteiger partial charge in [-0.25, -0.2) is 0 Å². The smallest absolute Gasteiger partial charge is 0.229 e. The van der Waals surface area contributed by atoms with Gasteiger partial charge in [-0.2, -0.15) is 5.10 Å². The first-order valence-electron chi connectivity index (χ1n) is 5.84. The van der Waals surface area contributed by atoms with Crippen molar-refractivity contribution in [3.05, 3.63) is 35.5 Å². The lowest BCUT2D eigenvalue weighted by molar-refractivity contribution is -0.115. The minimum Gasteiger partial charge on any atom is -0.508 e. The van der Waals surface area contributed by atoms with Gasteiger partial charge in [0.05, 0.1) is 17.8 Å². The van der Waals surface area contributed by atoms with Crippen molar-refractivity contribution >= 4 is 17.4 Å². The quantitative estimate of drug-likeness (QED) is 0.773. The first-order valence-corrected chi connectivity index (χ1v) is 5.84. The van der Waals surface area contributed by atoms with Gasteiger partial charge in [0.2, 0.25) is 5.91 Å². The zero-order chi connectivity index (χ0) is 14.0. The molecule has 0 saturated carbocycles. The fourth-order valence-electron chi connectivity index (χ4n) is 1.85. The number of aromatic nitrogens is 2. The third kappa shape index (κ3) is 2.85. The molecular formula is C13H16N4O2. The zero-order valence-corrected chi connectivity index (χ0v) is 10.8. The lowest BCUT2D eigenvalue weighted by Gasteiger charge is -2.07. The molecule has 19 heavy (non-hydrogen) atoms. The molecule has 0 radical (unpaired) electrons. The van der Waals surface area contributed by atoms with Crippen LogP contribution in [0.2, 0.25) is 0 Å². The van der Waals surface area contributed by atoms with Crippen LogP contribution in [0.4, 0.5) is 11.5 Å². The Kier molecular flexibility index (Phi) is 3.41. The van der Waals surface area contributed by atoms with Gasteiger partial charge >= 0.3 is 0 Å². The summed E-state index contributed by atoms with van der Waals surface area (Å²) in [5.74, 6) is 0.421. The number of phenolic OH excluding ortho intramolecular Hbond substituents is 1. The number of hydrogen-bond donors (Lipinski definition) is 3. The number of benzene rings is 1. The average molecular weight is 260 g/mol. The highest BCUT2D eigenvalue weighted by Crippen LogP contribution is 2.21. The Balaban J connectivity index is 2.09. The molecule has 4 N–H and O–H groups in total. The summed E-state index contributed by atoms with van der Waals surface area (Å²) in [6.07, 6.45) is 0.165. The van der Waals surface area contributed by atoms with E-state index in [4.69, 9.17) is 5.73 Å². The molecule has 0 bridgehead atoms. The Morgan fingerprint density at radius 1 is 1.53 bits per heavy atom. The van der Waals surface area contributed by atoms with Gasteiger partial charge in [-0.05, 0) is 24.6 Å². The SMILES string of the molecule is Cc1nn(C)c(NC(=O)Cc2cccc(O)c2)c1N. The molecule has 0 aliphatic carbocycles. The summed E-state index contributed by atoms with van der Waals surface area (Å²) >= 11 is 0. The number of amides is 1. The van der Waals surface area contributed by atoms with Crippen LogP contribution in [0.15, 0.2) is 24.3 Å². The van der Waals surface area contributed by atoms with E-state index in [0.29, 0.717) is 17.2 Å². The second-order valence-electron chi connectivity index (χ2n) is 4.37. The Labute approximate surface area is 110 Å². The van der Waals surface area contributed by atoms with Crippen LogP contribution in [0.25, 0.3) is 0 Å². The maximum atomic E-state index is 11.9. The monoisotopic (exact) mass is 260 g/mol. The number of nitrogen functional groups attached to an aromatic ring is 1. The highest BCUT2D eigenvalue weighted by molar-refractivity contribution is 5.94. The molecular weight excluding hydrogens is 244 g/mol. The second kappa shape index (κ2) is 5.01. The van der Waals surface area contributed by atoms with Crippen molar-refractivity contribution in [3.8, 4) is 5.75 Å². The molecule has 2 rings (SSSR count). The van der Waals surface area contributed by atoms with Crippen LogP contribution in [-0.4, -0.2) is 20.8 Å². The van der Waals surface area contributed by atoms with Crippen molar-refractivity contribution in [2.75, 3.05) is 11.1 Å². The van der Waals surface area contributed by atoms with Crippen LogP contribution in [0, 0.1) is 6.92 Å². The first-order chi connectivity index (χ1) is 8.97. The molecule has 0 spiro atoms. The summed E-state index contributed by atoms with van der Waals surface area (Å²) in [5, 5.41) is 16.2. The van der Waals surface area contributed by atoms with E-state index in [1.54, 1.807) is 38.2 Å². The van der Waals surface area contributed by atoms with Crippen molar-refractivity contribution in [1.82, 2.24) is 9.78 Å². The average Bonchev–Trinajstić information content (AvgIpc) is 2.56. The van der Waals surface area contributed by atoms with E-state index in [-0.39, 0.29) is 18.1 Å². The normalized spacial score (nSPS) is 10.4. The zero-order valence-electron chi connectivity index (χ0n) is 10.8. The van der Waals surface area contributed by atoms with E-state index >= 15 is 0 Å². The number of nitrogens with one attached hydrogen (secondary N) is 1. The van der Waals surface area contributed by atoms with Gasteiger partial charge in [0, 0.05) is 7.05 Å². The number of phenols is 1. The summed E-state index contributed by atoms with van der Waals surface area (Å²) in [6, 6.07) is 6.58. The highest BCUT2D eigenvalue weighted by atomic mass is 16.3. The topological polar surface area (TPSA) is 93.2 Å². The summed E-state index contributed by atoms with van der Waals surface area (Å²) < 4.78 is 1.53. The van der Waals surface area contributed by atoms with Crippen molar-refractivity contribution in [1.29, 1.82) is 0 Å². The van der Waals surface area contributed by atoms with Gasteiger partial charge in [-0.15, -0.1) is 0 Å². The third-order valence-electron chi connectivity index (χ3n) is 2.80. The molecule has 6 nitrogen and oxygen atoms in total. The molecule has 1 amide bonds. The number of hydrogen-bond acceptors (Lipinski definition) is 4. The number of aryl methyl sites for hydroxylation is 2. The molecule has 0 aliphatic rings. The molecule has 1 heterocycles. The number of rotatable bonds is 3. The van der Waals surface area contributed by atoms with Crippen LogP contribution in [-0.2, 0) is 18.3 Å². The maximum absolute atomic E-state index is 11.9. The lowest BCUT2D eigenvalue weighted by atomic mass is 10.1. The molecule has 0 saturated heterocycles.